The maximum absolute atomic E-state index is 12.8. The molecule has 0 unspecified atom stereocenters. The van der Waals surface area contributed by atoms with Crippen LogP contribution in [0.15, 0.2) is 34.1 Å². The second kappa shape index (κ2) is 7.36. The predicted octanol–water partition coefficient (Wildman–Crippen LogP) is 4.84. The van der Waals surface area contributed by atoms with E-state index in [0.717, 1.165) is 42.9 Å². The lowest BCUT2D eigenvalue weighted by atomic mass is 9.95. The maximum atomic E-state index is 12.8. The van der Waals surface area contributed by atoms with Crippen molar-refractivity contribution in [3.63, 3.8) is 0 Å². The van der Waals surface area contributed by atoms with Crippen molar-refractivity contribution in [1.29, 1.82) is 0 Å². The van der Waals surface area contributed by atoms with Crippen LogP contribution in [0, 0.1) is 6.92 Å². The molecule has 2 aliphatic rings. The van der Waals surface area contributed by atoms with Crippen LogP contribution in [0.2, 0.25) is 0 Å². The van der Waals surface area contributed by atoms with Gasteiger partial charge >= 0.3 is 5.69 Å². The molecule has 2 aliphatic carbocycles. The van der Waals surface area contributed by atoms with Crippen molar-refractivity contribution in [1.82, 2.24) is 9.55 Å². The molecule has 0 aliphatic heterocycles. The van der Waals surface area contributed by atoms with Gasteiger partial charge in [-0.15, -0.1) is 11.8 Å². The van der Waals surface area contributed by atoms with Gasteiger partial charge < -0.3 is 0 Å². The molecule has 1 heterocycles. The van der Waals surface area contributed by atoms with E-state index in [9.17, 15) is 4.79 Å². The number of aromatic nitrogens is 2. The van der Waals surface area contributed by atoms with Crippen LogP contribution in [0.5, 0.6) is 0 Å². The van der Waals surface area contributed by atoms with Gasteiger partial charge in [0.25, 0.3) is 0 Å². The van der Waals surface area contributed by atoms with E-state index in [-0.39, 0.29) is 5.69 Å². The number of hydrogen-bond acceptors (Lipinski definition) is 3. The number of thioether (sulfide) groups is 1. The molecule has 2 aromatic rings. The zero-order chi connectivity index (χ0) is 17.2. The lowest BCUT2D eigenvalue weighted by Gasteiger charge is -2.26. The van der Waals surface area contributed by atoms with E-state index in [0.29, 0.717) is 6.04 Å². The first-order valence-corrected chi connectivity index (χ1v) is 10.5. The van der Waals surface area contributed by atoms with Crippen LogP contribution in [-0.2, 0) is 18.6 Å². The molecule has 0 radical (unpaired) electrons. The molecule has 132 valence electrons. The molecule has 0 atom stereocenters. The van der Waals surface area contributed by atoms with Gasteiger partial charge in [-0.3, -0.25) is 4.57 Å². The number of aryl methyl sites for hydroxylation is 1. The molecule has 25 heavy (non-hydrogen) atoms. The van der Waals surface area contributed by atoms with Gasteiger partial charge in [0.05, 0.1) is 0 Å². The van der Waals surface area contributed by atoms with Gasteiger partial charge in [0, 0.05) is 23.1 Å². The molecule has 0 spiro atoms. The average molecular weight is 355 g/mol. The Balaban J connectivity index is 1.64. The zero-order valence-corrected chi connectivity index (χ0v) is 15.8. The summed E-state index contributed by atoms with van der Waals surface area (Å²) in [4.78, 5) is 17.4. The van der Waals surface area contributed by atoms with E-state index in [2.05, 4.69) is 40.7 Å². The molecule has 0 amide bonds. The van der Waals surface area contributed by atoms with Gasteiger partial charge in [-0.2, -0.15) is 4.98 Å². The van der Waals surface area contributed by atoms with E-state index in [1.54, 1.807) is 11.8 Å². The largest absolute Gasteiger partial charge is 0.349 e. The molecule has 0 bridgehead atoms. The number of hydrogen-bond donors (Lipinski definition) is 0. The molecule has 4 heteroatoms. The molecule has 1 fully saturated rings. The quantitative estimate of drug-likeness (QED) is 0.582. The highest BCUT2D eigenvalue weighted by Gasteiger charge is 2.26. The van der Waals surface area contributed by atoms with Crippen LogP contribution in [-0.4, -0.2) is 9.55 Å². The maximum Gasteiger partial charge on any atom is 0.349 e. The van der Waals surface area contributed by atoms with Crippen LogP contribution in [0.3, 0.4) is 0 Å². The van der Waals surface area contributed by atoms with E-state index in [4.69, 9.17) is 0 Å². The average Bonchev–Trinajstić information content (AvgIpc) is 3.11. The summed E-state index contributed by atoms with van der Waals surface area (Å²) in [6.45, 7) is 2.15. The minimum Gasteiger partial charge on any atom is -0.293 e. The minimum atomic E-state index is -0.0140. The van der Waals surface area contributed by atoms with Gasteiger partial charge in [-0.05, 0) is 50.2 Å². The Hall–Kier alpha value is -1.55. The minimum absolute atomic E-state index is 0.0140. The van der Waals surface area contributed by atoms with Crippen molar-refractivity contribution in [3.05, 3.63) is 57.1 Å². The fourth-order valence-electron chi connectivity index (χ4n) is 4.30. The van der Waals surface area contributed by atoms with Crippen molar-refractivity contribution in [2.45, 2.75) is 75.1 Å². The lowest BCUT2D eigenvalue weighted by molar-refractivity contribution is 0.334. The SMILES string of the molecule is Cc1ccccc1CSc1nc(=O)n(C2CCCCC2)c2c1CCC2. The Bertz CT molecular complexity index is 821. The first-order valence-electron chi connectivity index (χ1n) is 9.55. The highest BCUT2D eigenvalue weighted by atomic mass is 32.2. The van der Waals surface area contributed by atoms with E-state index in [1.807, 2.05) is 0 Å². The van der Waals surface area contributed by atoms with E-state index in [1.165, 1.54) is 41.6 Å². The summed E-state index contributed by atoms with van der Waals surface area (Å²) in [5, 5.41) is 0.979. The Morgan fingerprint density at radius 2 is 1.92 bits per heavy atom. The Labute approximate surface area is 153 Å². The highest BCUT2D eigenvalue weighted by Crippen LogP contribution is 2.35. The van der Waals surface area contributed by atoms with Crippen molar-refractivity contribution in [3.8, 4) is 0 Å². The number of nitrogens with zero attached hydrogens (tertiary/aromatic N) is 2. The van der Waals surface area contributed by atoms with Gasteiger partial charge in [0.2, 0.25) is 0 Å². The molecule has 1 aromatic carbocycles. The molecular weight excluding hydrogens is 328 g/mol. The Morgan fingerprint density at radius 1 is 1.12 bits per heavy atom. The second-order valence-corrected chi connectivity index (χ2v) is 8.32. The summed E-state index contributed by atoms with van der Waals surface area (Å²) in [5.41, 5.74) is 5.27. The monoisotopic (exact) mass is 354 g/mol. The Morgan fingerprint density at radius 3 is 2.72 bits per heavy atom. The molecule has 4 rings (SSSR count). The summed E-state index contributed by atoms with van der Waals surface area (Å²) in [6, 6.07) is 8.86. The second-order valence-electron chi connectivity index (χ2n) is 7.36. The first kappa shape index (κ1) is 16.9. The lowest BCUT2D eigenvalue weighted by Crippen LogP contribution is -2.31. The first-order chi connectivity index (χ1) is 12.2. The van der Waals surface area contributed by atoms with Gasteiger partial charge in [0.15, 0.2) is 0 Å². The van der Waals surface area contributed by atoms with Gasteiger partial charge in [-0.25, -0.2) is 4.79 Å². The van der Waals surface area contributed by atoms with Crippen LogP contribution < -0.4 is 5.69 Å². The van der Waals surface area contributed by atoms with Crippen LogP contribution in [0.1, 0.15) is 67.0 Å². The van der Waals surface area contributed by atoms with Gasteiger partial charge in [-0.1, -0.05) is 43.5 Å². The summed E-state index contributed by atoms with van der Waals surface area (Å²) >= 11 is 1.74. The van der Waals surface area contributed by atoms with Crippen molar-refractivity contribution < 1.29 is 0 Å². The normalized spacial score (nSPS) is 17.6. The Kier molecular flexibility index (Phi) is 4.98. The fraction of sp³-hybridized carbons (Fsp3) is 0.524. The van der Waals surface area contributed by atoms with E-state index >= 15 is 0 Å². The molecule has 0 saturated heterocycles. The molecule has 0 N–H and O–H groups in total. The van der Waals surface area contributed by atoms with Gasteiger partial charge in [0.1, 0.15) is 5.03 Å². The molecule has 1 saturated carbocycles. The standard InChI is InChI=1S/C21H26N2OS/c1-15-8-5-6-9-16(15)14-25-20-18-12-7-13-19(18)23(21(24)22-20)17-10-3-2-4-11-17/h5-6,8-9,17H,2-4,7,10-14H2,1H3. The van der Waals surface area contributed by atoms with Crippen molar-refractivity contribution in [2.75, 3.05) is 0 Å². The molecular formula is C21H26N2OS. The number of benzene rings is 1. The zero-order valence-electron chi connectivity index (χ0n) is 15.0. The highest BCUT2D eigenvalue weighted by molar-refractivity contribution is 7.98. The fourth-order valence-corrected chi connectivity index (χ4v) is 5.45. The number of rotatable bonds is 4. The summed E-state index contributed by atoms with van der Waals surface area (Å²) in [7, 11) is 0. The third-order valence-corrected chi connectivity index (χ3v) is 6.77. The topological polar surface area (TPSA) is 34.9 Å². The summed E-state index contributed by atoms with van der Waals surface area (Å²) < 4.78 is 2.07. The van der Waals surface area contributed by atoms with Crippen LogP contribution in [0.4, 0.5) is 0 Å². The predicted molar refractivity (Wildman–Crippen MR) is 103 cm³/mol. The van der Waals surface area contributed by atoms with Crippen LogP contribution in [0.25, 0.3) is 0 Å². The molecule has 1 aromatic heterocycles. The van der Waals surface area contributed by atoms with E-state index < -0.39 is 0 Å². The summed E-state index contributed by atoms with van der Waals surface area (Å²) in [5.74, 6) is 0.888. The van der Waals surface area contributed by atoms with Crippen molar-refractivity contribution >= 4 is 11.8 Å². The number of fused-ring (bicyclic) bond motifs is 1. The smallest absolute Gasteiger partial charge is 0.293 e. The summed E-state index contributed by atoms with van der Waals surface area (Å²) in [6.07, 6.45) is 9.36. The molecule has 3 nitrogen and oxygen atoms in total. The third kappa shape index (κ3) is 3.41. The van der Waals surface area contributed by atoms with Crippen molar-refractivity contribution in [2.24, 2.45) is 0 Å². The van der Waals surface area contributed by atoms with Crippen LogP contribution >= 0.6 is 11.8 Å². The third-order valence-electron chi connectivity index (χ3n) is 5.71.